The SMILES string of the molecule is N#Cc1ccnc(-c2c3ccccc3c(-c3cc(C#N)ccn3)c3cc4c(cc23)oc2ccccc24)c1. The number of benzene rings is 4. The molecule has 0 unspecified atom stereocenters. The summed E-state index contributed by atoms with van der Waals surface area (Å²) in [6.07, 6.45) is 3.34. The predicted molar refractivity (Wildman–Crippen MR) is 145 cm³/mol. The van der Waals surface area contributed by atoms with Gasteiger partial charge < -0.3 is 4.42 Å². The van der Waals surface area contributed by atoms with Crippen molar-refractivity contribution >= 4 is 43.5 Å². The first-order chi connectivity index (χ1) is 18.2. The number of nitriles is 2. The second kappa shape index (κ2) is 8.02. The van der Waals surface area contributed by atoms with E-state index in [0.29, 0.717) is 16.8 Å². The monoisotopic (exact) mass is 472 g/mol. The number of para-hydroxylation sites is 1. The smallest absolute Gasteiger partial charge is 0.136 e. The first-order valence-electron chi connectivity index (χ1n) is 11.8. The van der Waals surface area contributed by atoms with E-state index in [4.69, 9.17) is 4.42 Å². The molecule has 7 aromatic rings. The van der Waals surface area contributed by atoms with Gasteiger partial charge in [-0.15, -0.1) is 0 Å². The van der Waals surface area contributed by atoms with Crippen LogP contribution >= 0.6 is 0 Å². The Bertz CT molecular complexity index is 2130. The highest BCUT2D eigenvalue weighted by molar-refractivity contribution is 6.24. The van der Waals surface area contributed by atoms with Crippen molar-refractivity contribution in [1.82, 2.24) is 9.97 Å². The van der Waals surface area contributed by atoms with Gasteiger partial charge in [0.15, 0.2) is 0 Å². The molecule has 7 rings (SSSR count). The van der Waals surface area contributed by atoms with E-state index in [1.165, 1.54) is 0 Å². The first-order valence-corrected chi connectivity index (χ1v) is 11.8. The quantitative estimate of drug-likeness (QED) is 0.240. The fraction of sp³-hybridized carbons (Fsp3) is 0. The fourth-order valence-corrected chi connectivity index (χ4v) is 5.22. The molecule has 37 heavy (non-hydrogen) atoms. The lowest BCUT2D eigenvalue weighted by atomic mass is 9.87. The van der Waals surface area contributed by atoms with Crippen LogP contribution in [-0.4, -0.2) is 9.97 Å². The largest absolute Gasteiger partial charge is 0.456 e. The lowest BCUT2D eigenvalue weighted by Gasteiger charge is -2.17. The molecule has 0 aliphatic carbocycles. The molecule has 0 fully saturated rings. The van der Waals surface area contributed by atoms with Crippen LogP contribution in [0.25, 0.3) is 66.0 Å². The van der Waals surface area contributed by atoms with Crippen LogP contribution in [-0.2, 0) is 0 Å². The molecule has 0 saturated heterocycles. The van der Waals surface area contributed by atoms with E-state index >= 15 is 0 Å². The Kier molecular flexibility index (Phi) is 4.51. The molecule has 0 aliphatic rings. The zero-order valence-electron chi connectivity index (χ0n) is 19.4. The van der Waals surface area contributed by atoms with Gasteiger partial charge in [-0.2, -0.15) is 10.5 Å². The molecule has 3 heterocycles. The van der Waals surface area contributed by atoms with Gasteiger partial charge in [0.1, 0.15) is 11.2 Å². The average molecular weight is 473 g/mol. The van der Waals surface area contributed by atoms with E-state index < -0.39 is 0 Å². The number of hydrogen-bond donors (Lipinski definition) is 0. The summed E-state index contributed by atoms with van der Waals surface area (Å²) in [7, 11) is 0. The second-order valence-electron chi connectivity index (χ2n) is 8.87. The number of nitrogens with zero attached hydrogens (tertiary/aromatic N) is 4. The van der Waals surface area contributed by atoms with Gasteiger partial charge in [0, 0.05) is 34.3 Å². The normalized spacial score (nSPS) is 11.2. The van der Waals surface area contributed by atoms with Gasteiger partial charge in [0.25, 0.3) is 0 Å². The first kappa shape index (κ1) is 20.8. The molecule has 0 radical (unpaired) electrons. The summed E-state index contributed by atoms with van der Waals surface area (Å²) >= 11 is 0. The van der Waals surface area contributed by atoms with E-state index in [0.717, 1.165) is 60.3 Å². The standard InChI is InChI=1S/C32H16N4O/c33-17-19-9-11-35-27(13-19)31-22-6-1-2-7-23(22)32(28-14-20(18-34)10-12-36-28)26-16-30-24(15-25(26)31)21-5-3-4-8-29(21)37-30/h1-16H. The van der Waals surface area contributed by atoms with Crippen LogP contribution in [0.15, 0.2) is 102 Å². The fourth-order valence-electron chi connectivity index (χ4n) is 5.22. The summed E-state index contributed by atoms with van der Waals surface area (Å²) in [5.74, 6) is 0. The molecule has 0 atom stereocenters. The van der Waals surface area contributed by atoms with Crippen LogP contribution in [0.4, 0.5) is 0 Å². The minimum absolute atomic E-state index is 0.541. The van der Waals surface area contributed by atoms with Gasteiger partial charge in [-0.1, -0.05) is 42.5 Å². The maximum absolute atomic E-state index is 9.58. The van der Waals surface area contributed by atoms with E-state index in [9.17, 15) is 10.5 Å². The Hall–Kier alpha value is -5.52. The Labute approximate surface area is 211 Å². The molecule has 3 aromatic heterocycles. The van der Waals surface area contributed by atoms with E-state index in [1.54, 1.807) is 24.5 Å². The van der Waals surface area contributed by atoms with Gasteiger partial charge in [0.2, 0.25) is 0 Å². The number of furan rings is 1. The topological polar surface area (TPSA) is 86.5 Å². The molecular formula is C32H16N4O. The van der Waals surface area contributed by atoms with Crippen LogP contribution < -0.4 is 0 Å². The molecule has 0 spiro atoms. The Morgan fingerprint density at radius 1 is 0.514 bits per heavy atom. The van der Waals surface area contributed by atoms with Gasteiger partial charge in [-0.25, -0.2) is 0 Å². The average Bonchev–Trinajstić information content (AvgIpc) is 3.32. The maximum Gasteiger partial charge on any atom is 0.136 e. The third-order valence-electron chi connectivity index (χ3n) is 6.81. The second-order valence-corrected chi connectivity index (χ2v) is 8.87. The van der Waals surface area contributed by atoms with Crippen molar-refractivity contribution in [3.8, 4) is 34.7 Å². The third-order valence-corrected chi connectivity index (χ3v) is 6.81. The lowest BCUT2D eigenvalue weighted by molar-refractivity contribution is 0.669. The summed E-state index contributed by atoms with van der Waals surface area (Å²) in [4.78, 5) is 9.35. The molecule has 170 valence electrons. The van der Waals surface area contributed by atoms with Gasteiger partial charge >= 0.3 is 0 Å². The Balaban J connectivity index is 1.74. The summed E-state index contributed by atoms with van der Waals surface area (Å²) < 4.78 is 6.26. The van der Waals surface area contributed by atoms with Crippen molar-refractivity contribution < 1.29 is 4.42 Å². The molecule has 0 bridgehead atoms. The molecule has 0 amide bonds. The number of pyridine rings is 2. The van der Waals surface area contributed by atoms with Crippen LogP contribution in [0, 0.1) is 22.7 Å². The molecular weight excluding hydrogens is 456 g/mol. The number of rotatable bonds is 2. The third kappa shape index (κ3) is 3.16. The lowest BCUT2D eigenvalue weighted by Crippen LogP contribution is -1.94. The van der Waals surface area contributed by atoms with Crippen LogP contribution in [0.2, 0.25) is 0 Å². The zero-order chi connectivity index (χ0) is 24.9. The molecule has 0 N–H and O–H groups in total. The van der Waals surface area contributed by atoms with Crippen molar-refractivity contribution in [2.75, 3.05) is 0 Å². The number of fused-ring (bicyclic) bond motifs is 5. The summed E-state index contributed by atoms with van der Waals surface area (Å²) in [5.41, 5.74) is 5.96. The van der Waals surface area contributed by atoms with Gasteiger partial charge in [-0.05, 0) is 64.0 Å². The molecule has 0 saturated carbocycles. The van der Waals surface area contributed by atoms with Gasteiger partial charge in [0.05, 0.1) is 34.7 Å². The zero-order valence-corrected chi connectivity index (χ0v) is 19.4. The summed E-state index contributed by atoms with van der Waals surface area (Å²) in [6.45, 7) is 0. The minimum Gasteiger partial charge on any atom is -0.456 e. The van der Waals surface area contributed by atoms with Crippen molar-refractivity contribution in [3.05, 3.63) is 108 Å². The minimum atomic E-state index is 0.541. The van der Waals surface area contributed by atoms with Crippen molar-refractivity contribution in [2.24, 2.45) is 0 Å². The highest BCUT2D eigenvalue weighted by atomic mass is 16.3. The number of aromatic nitrogens is 2. The highest BCUT2D eigenvalue weighted by Crippen LogP contribution is 2.45. The summed E-state index contributed by atoms with van der Waals surface area (Å²) in [5, 5.41) is 25.1. The maximum atomic E-state index is 9.58. The molecule has 5 nitrogen and oxygen atoms in total. The van der Waals surface area contributed by atoms with E-state index in [1.807, 2.05) is 42.5 Å². The highest BCUT2D eigenvalue weighted by Gasteiger charge is 2.20. The Morgan fingerprint density at radius 2 is 1.05 bits per heavy atom. The van der Waals surface area contributed by atoms with Crippen LogP contribution in [0.1, 0.15) is 11.1 Å². The van der Waals surface area contributed by atoms with Gasteiger partial charge in [-0.3, -0.25) is 9.97 Å². The van der Waals surface area contributed by atoms with Crippen molar-refractivity contribution in [2.45, 2.75) is 0 Å². The predicted octanol–water partition coefficient (Wildman–Crippen LogP) is 7.76. The molecule has 0 aliphatic heterocycles. The van der Waals surface area contributed by atoms with Crippen molar-refractivity contribution in [3.63, 3.8) is 0 Å². The van der Waals surface area contributed by atoms with E-state index in [-0.39, 0.29) is 0 Å². The van der Waals surface area contributed by atoms with E-state index in [2.05, 4.69) is 52.4 Å². The Morgan fingerprint density at radius 3 is 1.65 bits per heavy atom. The van der Waals surface area contributed by atoms with Crippen LogP contribution in [0.3, 0.4) is 0 Å². The number of hydrogen-bond acceptors (Lipinski definition) is 5. The molecule has 4 aromatic carbocycles. The van der Waals surface area contributed by atoms with Crippen LogP contribution in [0.5, 0.6) is 0 Å². The van der Waals surface area contributed by atoms with Crippen molar-refractivity contribution in [1.29, 1.82) is 10.5 Å². The summed E-state index contributed by atoms with van der Waals surface area (Å²) in [6, 6.07) is 31.9. The molecule has 5 heteroatoms.